The van der Waals surface area contributed by atoms with Crippen molar-refractivity contribution < 1.29 is 18.3 Å². The van der Waals surface area contributed by atoms with Gasteiger partial charge in [0, 0.05) is 25.1 Å². The Balaban J connectivity index is 1.69. The van der Waals surface area contributed by atoms with Crippen LogP contribution in [0.2, 0.25) is 0 Å². The molecule has 3 rings (SSSR count). The van der Waals surface area contributed by atoms with Gasteiger partial charge in [0.05, 0.1) is 5.92 Å². The number of hydrogen-bond donors (Lipinski definition) is 1. The Kier molecular flexibility index (Phi) is 4.67. The minimum atomic E-state index is -0.625. The van der Waals surface area contributed by atoms with Crippen molar-refractivity contribution in [3.05, 3.63) is 71.3 Å². The standard InChI is InChI=1S/C18H17F2NO2/c19-13-6-7-14(17(20)8-13)15-9-21-10-16(15)18(22)23-11-12-4-2-1-3-5-12/h1-8,15-16,21H,9-11H2. The van der Waals surface area contributed by atoms with Crippen LogP contribution in [-0.2, 0) is 16.1 Å². The van der Waals surface area contributed by atoms with Crippen LogP contribution < -0.4 is 5.32 Å². The number of nitrogens with one attached hydrogen (secondary N) is 1. The zero-order valence-electron chi connectivity index (χ0n) is 12.5. The second-order valence-corrected chi connectivity index (χ2v) is 5.63. The lowest BCUT2D eigenvalue weighted by atomic mass is 9.88. The number of benzene rings is 2. The summed E-state index contributed by atoms with van der Waals surface area (Å²) in [6, 6.07) is 12.8. The van der Waals surface area contributed by atoms with Crippen molar-refractivity contribution >= 4 is 5.97 Å². The first kappa shape index (κ1) is 15.6. The smallest absolute Gasteiger partial charge is 0.311 e. The largest absolute Gasteiger partial charge is 0.461 e. The number of esters is 1. The molecule has 5 heteroatoms. The molecule has 1 heterocycles. The molecule has 2 unspecified atom stereocenters. The van der Waals surface area contributed by atoms with Gasteiger partial charge in [-0.3, -0.25) is 4.79 Å². The van der Waals surface area contributed by atoms with Crippen LogP contribution in [0, 0.1) is 17.6 Å². The fraction of sp³-hybridized carbons (Fsp3) is 0.278. The van der Waals surface area contributed by atoms with Gasteiger partial charge >= 0.3 is 5.97 Å². The summed E-state index contributed by atoms with van der Waals surface area (Å²) < 4.78 is 32.4. The molecule has 2 aromatic carbocycles. The first-order chi connectivity index (χ1) is 11.1. The molecule has 1 saturated heterocycles. The van der Waals surface area contributed by atoms with Gasteiger partial charge in [0.25, 0.3) is 0 Å². The number of carbonyl (C=O) groups is 1. The molecule has 2 atom stereocenters. The van der Waals surface area contributed by atoms with Crippen molar-refractivity contribution in [3.8, 4) is 0 Å². The third-order valence-corrected chi connectivity index (χ3v) is 4.10. The first-order valence-corrected chi connectivity index (χ1v) is 7.51. The van der Waals surface area contributed by atoms with Gasteiger partial charge in [-0.05, 0) is 17.2 Å². The Morgan fingerprint density at radius 2 is 1.91 bits per heavy atom. The van der Waals surface area contributed by atoms with Gasteiger partial charge in [-0.25, -0.2) is 8.78 Å². The molecular formula is C18H17F2NO2. The lowest BCUT2D eigenvalue weighted by molar-refractivity contribution is -0.149. The van der Waals surface area contributed by atoms with Gasteiger partial charge in [-0.15, -0.1) is 0 Å². The highest BCUT2D eigenvalue weighted by atomic mass is 19.1. The zero-order chi connectivity index (χ0) is 16.2. The fourth-order valence-corrected chi connectivity index (χ4v) is 2.89. The van der Waals surface area contributed by atoms with E-state index in [1.165, 1.54) is 12.1 Å². The third kappa shape index (κ3) is 3.56. The summed E-state index contributed by atoms with van der Waals surface area (Å²) in [5.41, 5.74) is 1.24. The average Bonchev–Trinajstić information content (AvgIpc) is 3.03. The number of rotatable bonds is 4. The van der Waals surface area contributed by atoms with Gasteiger partial charge in [0.15, 0.2) is 0 Å². The van der Waals surface area contributed by atoms with Crippen molar-refractivity contribution in [3.63, 3.8) is 0 Å². The SMILES string of the molecule is O=C(OCc1ccccc1)C1CNCC1c1ccc(F)cc1F. The molecule has 3 nitrogen and oxygen atoms in total. The van der Waals surface area contributed by atoms with Crippen LogP contribution in [0.3, 0.4) is 0 Å². The molecule has 1 N–H and O–H groups in total. The number of ether oxygens (including phenoxy) is 1. The second kappa shape index (κ2) is 6.87. The molecule has 0 spiro atoms. The van der Waals surface area contributed by atoms with Crippen molar-refractivity contribution in [2.24, 2.45) is 5.92 Å². The fourth-order valence-electron chi connectivity index (χ4n) is 2.89. The maximum Gasteiger partial charge on any atom is 0.311 e. The van der Waals surface area contributed by atoms with Crippen LogP contribution in [0.4, 0.5) is 8.78 Å². The summed E-state index contributed by atoms with van der Waals surface area (Å²) in [5, 5.41) is 3.08. The normalized spacial score (nSPS) is 20.4. The molecule has 1 aliphatic heterocycles. The van der Waals surface area contributed by atoms with Crippen molar-refractivity contribution in [2.45, 2.75) is 12.5 Å². The Morgan fingerprint density at radius 3 is 2.65 bits per heavy atom. The summed E-state index contributed by atoms with van der Waals surface area (Å²) in [4.78, 5) is 12.3. The van der Waals surface area contributed by atoms with Crippen molar-refractivity contribution in [1.82, 2.24) is 5.32 Å². The third-order valence-electron chi connectivity index (χ3n) is 4.10. The van der Waals surface area contributed by atoms with E-state index in [9.17, 15) is 13.6 Å². The molecule has 1 aliphatic rings. The monoisotopic (exact) mass is 317 g/mol. The predicted octanol–water partition coefficient (Wildman–Crippen LogP) is 3.01. The van der Waals surface area contributed by atoms with Gasteiger partial charge in [-0.2, -0.15) is 0 Å². The molecule has 23 heavy (non-hydrogen) atoms. The van der Waals surface area contributed by atoms with Gasteiger partial charge in [0.1, 0.15) is 18.2 Å². The summed E-state index contributed by atoms with van der Waals surface area (Å²) >= 11 is 0. The molecule has 0 aliphatic carbocycles. The van der Waals surface area contributed by atoms with E-state index < -0.39 is 17.6 Å². The summed E-state index contributed by atoms with van der Waals surface area (Å²) in [5.74, 6) is -2.44. The second-order valence-electron chi connectivity index (χ2n) is 5.63. The van der Waals surface area contributed by atoms with Crippen molar-refractivity contribution in [2.75, 3.05) is 13.1 Å². The highest BCUT2D eigenvalue weighted by molar-refractivity contribution is 5.74. The Morgan fingerprint density at radius 1 is 1.13 bits per heavy atom. The van der Waals surface area contributed by atoms with Gasteiger partial charge < -0.3 is 10.1 Å². The van der Waals surface area contributed by atoms with E-state index in [2.05, 4.69) is 5.32 Å². The van der Waals surface area contributed by atoms with Crippen LogP contribution in [0.5, 0.6) is 0 Å². The van der Waals surface area contributed by atoms with E-state index >= 15 is 0 Å². The molecule has 120 valence electrons. The molecular weight excluding hydrogens is 300 g/mol. The number of halogens is 2. The van der Waals surface area contributed by atoms with E-state index in [-0.39, 0.29) is 18.5 Å². The molecule has 2 aromatic rings. The highest BCUT2D eigenvalue weighted by Crippen LogP contribution is 2.31. The Bertz CT molecular complexity index is 691. The lowest BCUT2D eigenvalue weighted by Gasteiger charge is -2.18. The van der Waals surface area contributed by atoms with Crippen molar-refractivity contribution in [1.29, 1.82) is 0 Å². The Labute approximate surface area is 133 Å². The van der Waals surface area contributed by atoms with E-state index in [0.717, 1.165) is 11.6 Å². The molecule has 0 amide bonds. The maximum atomic E-state index is 14.0. The van der Waals surface area contributed by atoms with E-state index in [1.807, 2.05) is 30.3 Å². The topological polar surface area (TPSA) is 38.3 Å². The van der Waals surface area contributed by atoms with Gasteiger partial charge in [-0.1, -0.05) is 36.4 Å². The molecule has 0 saturated carbocycles. The molecule has 0 bridgehead atoms. The highest BCUT2D eigenvalue weighted by Gasteiger charge is 2.36. The molecule has 0 radical (unpaired) electrons. The van der Waals surface area contributed by atoms with E-state index in [1.54, 1.807) is 0 Å². The van der Waals surface area contributed by atoms with Gasteiger partial charge in [0.2, 0.25) is 0 Å². The average molecular weight is 317 g/mol. The van der Waals surface area contributed by atoms with Crippen LogP contribution in [0.25, 0.3) is 0 Å². The van der Waals surface area contributed by atoms with E-state index in [0.29, 0.717) is 18.7 Å². The molecule has 0 aromatic heterocycles. The Hall–Kier alpha value is -2.27. The van der Waals surface area contributed by atoms with Crippen LogP contribution in [0.1, 0.15) is 17.0 Å². The predicted molar refractivity (Wildman–Crippen MR) is 81.7 cm³/mol. The zero-order valence-corrected chi connectivity index (χ0v) is 12.5. The lowest BCUT2D eigenvalue weighted by Crippen LogP contribution is -2.24. The quantitative estimate of drug-likeness (QED) is 0.881. The summed E-state index contributed by atoms with van der Waals surface area (Å²) in [6.07, 6.45) is 0. The van der Waals surface area contributed by atoms with Crippen LogP contribution >= 0.6 is 0 Å². The number of hydrogen-bond acceptors (Lipinski definition) is 3. The summed E-state index contributed by atoms with van der Waals surface area (Å²) in [6.45, 7) is 1.08. The molecule has 1 fully saturated rings. The number of carbonyl (C=O) groups excluding carboxylic acids is 1. The minimum Gasteiger partial charge on any atom is -0.461 e. The first-order valence-electron chi connectivity index (χ1n) is 7.51. The summed E-state index contributed by atoms with van der Waals surface area (Å²) in [7, 11) is 0. The maximum absolute atomic E-state index is 14.0. The minimum absolute atomic E-state index is 0.189. The van der Waals surface area contributed by atoms with Crippen LogP contribution in [-0.4, -0.2) is 19.1 Å². The van der Waals surface area contributed by atoms with E-state index in [4.69, 9.17) is 4.74 Å². The van der Waals surface area contributed by atoms with Crippen LogP contribution in [0.15, 0.2) is 48.5 Å².